The predicted molar refractivity (Wildman–Crippen MR) is 266 cm³/mol. The zero-order valence-corrected chi connectivity index (χ0v) is 35.5. The van der Waals surface area contributed by atoms with E-state index in [2.05, 4.69) is 234 Å². The van der Waals surface area contributed by atoms with Crippen molar-refractivity contribution in [1.29, 1.82) is 0 Å². The summed E-state index contributed by atoms with van der Waals surface area (Å²) >= 11 is 3.90. The van der Waals surface area contributed by atoms with Gasteiger partial charge < -0.3 is 9.47 Å². The molecule has 0 N–H and O–H groups in total. The van der Waals surface area contributed by atoms with Crippen molar-refractivity contribution in [2.75, 3.05) is 4.90 Å². The summed E-state index contributed by atoms with van der Waals surface area (Å²) in [4.78, 5) is 5.28. The lowest BCUT2D eigenvalue weighted by atomic mass is 9.97. The molecule has 3 heterocycles. The molecule has 2 nitrogen and oxygen atoms in total. The Morgan fingerprint density at radius 2 is 0.968 bits per heavy atom. The lowest BCUT2D eigenvalue weighted by molar-refractivity contribution is 0.778. The van der Waals surface area contributed by atoms with E-state index in [-0.39, 0.29) is 0 Å². The lowest BCUT2D eigenvalue weighted by Crippen LogP contribution is -2.11. The van der Waals surface area contributed by atoms with Crippen molar-refractivity contribution in [1.82, 2.24) is 4.57 Å². The van der Waals surface area contributed by atoms with Crippen molar-refractivity contribution in [3.63, 3.8) is 0 Å². The summed E-state index contributed by atoms with van der Waals surface area (Å²) in [5.74, 6) is 0.363. The van der Waals surface area contributed by atoms with Gasteiger partial charge in [-0.1, -0.05) is 188 Å². The molecule has 0 radical (unpaired) electrons. The van der Waals surface area contributed by atoms with Crippen LogP contribution < -0.4 is 4.90 Å². The van der Waals surface area contributed by atoms with Gasteiger partial charge in [-0.3, -0.25) is 0 Å². The van der Waals surface area contributed by atoms with Crippen molar-refractivity contribution in [3.8, 4) is 50.2 Å². The number of aromatic nitrogens is 1. The predicted octanol–water partition coefficient (Wildman–Crippen LogP) is 17.0. The van der Waals surface area contributed by atoms with Gasteiger partial charge in [-0.15, -0.1) is 11.3 Å². The summed E-state index contributed by atoms with van der Waals surface area (Å²) in [5, 5.41) is 1.32. The molecule has 2 aliphatic rings. The van der Waals surface area contributed by atoms with Crippen LogP contribution in [0, 0.1) is 0 Å². The number of anilines is 3. The highest BCUT2D eigenvalue weighted by atomic mass is 32.2. The van der Waals surface area contributed by atoms with Gasteiger partial charge >= 0.3 is 0 Å². The van der Waals surface area contributed by atoms with E-state index in [1.807, 2.05) is 23.1 Å². The highest BCUT2D eigenvalue weighted by Gasteiger charge is 2.36. The molecule has 0 bridgehead atoms. The van der Waals surface area contributed by atoms with Crippen LogP contribution in [0.4, 0.5) is 17.1 Å². The second-order valence-corrected chi connectivity index (χ2v) is 18.2. The quantitative estimate of drug-likeness (QED) is 0.151. The number of allylic oxidation sites excluding steroid dienone is 4. The zero-order valence-electron chi connectivity index (χ0n) is 33.9. The van der Waals surface area contributed by atoms with Crippen LogP contribution in [0.2, 0.25) is 0 Å². The summed E-state index contributed by atoms with van der Waals surface area (Å²) in [6.07, 6.45) is 7.90. The Hall–Kier alpha value is -7.11. The summed E-state index contributed by atoms with van der Waals surface area (Å²) in [6, 6.07) is 75.2. The summed E-state index contributed by atoms with van der Waals surface area (Å²) in [5.41, 5.74) is 16.9. The van der Waals surface area contributed by atoms with E-state index in [4.69, 9.17) is 0 Å². The molecule has 10 aromatic rings. The zero-order chi connectivity index (χ0) is 41.0. The van der Waals surface area contributed by atoms with Crippen LogP contribution in [0.3, 0.4) is 0 Å². The number of benzene rings is 8. The van der Waals surface area contributed by atoms with E-state index in [0.29, 0.717) is 5.92 Å². The number of rotatable bonds is 8. The normalized spacial score (nSPS) is 14.2. The molecule has 12 rings (SSSR count). The molecule has 294 valence electrons. The van der Waals surface area contributed by atoms with E-state index in [9.17, 15) is 0 Å². The van der Waals surface area contributed by atoms with Gasteiger partial charge in [0.05, 0.1) is 15.1 Å². The molecule has 0 spiro atoms. The first-order valence-electron chi connectivity index (χ1n) is 21.3. The van der Waals surface area contributed by atoms with Crippen LogP contribution in [-0.2, 0) is 0 Å². The Kier molecular flexibility index (Phi) is 9.13. The topological polar surface area (TPSA) is 8.17 Å². The summed E-state index contributed by atoms with van der Waals surface area (Å²) < 4.78 is 5.32. The van der Waals surface area contributed by atoms with E-state index < -0.39 is 0 Å². The third-order valence-corrected chi connectivity index (χ3v) is 15.0. The van der Waals surface area contributed by atoms with E-state index >= 15 is 0 Å². The molecule has 62 heavy (non-hydrogen) atoms. The Morgan fingerprint density at radius 1 is 0.468 bits per heavy atom. The van der Waals surface area contributed by atoms with E-state index in [1.165, 1.54) is 86.0 Å². The minimum Gasteiger partial charge on any atom is -0.310 e. The third-order valence-electron chi connectivity index (χ3n) is 12.4. The maximum Gasteiger partial charge on any atom is 0.0730 e. The van der Waals surface area contributed by atoms with Gasteiger partial charge in [0.2, 0.25) is 0 Å². The molecule has 1 aliphatic carbocycles. The SMILES string of the molecule is C1=CCC2C(=C1)Sc1c2n(-c2cccc(N(c3ccc(-c4ccc(-c5ccccc5)cc4)cc3)c3ccc(-c4ccc(-c5ccccc5)cc4)cc3)c2)c2c1sc1ccccc12. The first kappa shape index (κ1) is 36.7. The number of nitrogens with zero attached hydrogens (tertiary/aromatic N) is 2. The Bertz CT molecular complexity index is 3180. The van der Waals surface area contributed by atoms with Crippen LogP contribution in [0.15, 0.2) is 234 Å². The fraction of sp³-hybridized carbons (Fsp3) is 0.0345. The Labute approximate surface area is 370 Å². The maximum absolute atomic E-state index is 2.59. The van der Waals surface area contributed by atoms with E-state index in [1.54, 1.807) is 0 Å². The third kappa shape index (κ3) is 6.42. The van der Waals surface area contributed by atoms with Gasteiger partial charge in [0.15, 0.2) is 0 Å². The van der Waals surface area contributed by atoms with Crippen molar-refractivity contribution in [2.45, 2.75) is 17.2 Å². The van der Waals surface area contributed by atoms with Gasteiger partial charge in [0, 0.05) is 44.4 Å². The molecule has 1 unspecified atom stereocenters. The highest BCUT2D eigenvalue weighted by molar-refractivity contribution is 8.03. The lowest BCUT2D eigenvalue weighted by Gasteiger charge is -2.27. The van der Waals surface area contributed by atoms with Crippen LogP contribution in [0.25, 0.3) is 70.5 Å². The first-order valence-corrected chi connectivity index (χ1v) is 22.9. The molecule has 0 saturated heterocycles. The number of fused-ring (bicyclic) bond motifs is 7. The minimum atomic E-state index is 0.363. The smallest absolute Gasteiger partial charge is 0.0730 e. The maximum atomic E-state index is 2.59. The van der Waals surface area contributed by atoms with Crippen LogP contribution in [-0.4, -0.2) is 4.57 Å². The van der Waals surface area contributed by atoms with Crippen molar-refractivity contribution >= 4 is 60.5 Å². The van der Waals surface area contributed by atoms with Crippen LogP contribution in [0.5, 0.6) is 0 Å². The summed E-state index contributed by atoms with van der Waals surface area (Å²) in [6.45, 7) is 0. The Morgan fingerprint density at radius 3 is 1.53 bits per heavy atom. The van der Waals surface area contributed by atoms with Gasteiger partial charge in [0.25, 0.3) is 0 Å². The number of hydrogen-bond acceptors (Lipinski definition) is 3. The first-order chi connectivity index (χ1) is 30.7. The van der Waals surface area contributed by atoms with Crippen molar-refractivity contribution in [2.24, 2.45) is 0 Å². The second kappa shape index (κ2) is 15.4. The van der Waals surface area contributed by atoms with Crippen molar-refractivity contribution in [3.05, 3.63) is 235 Å². The molecule has 1 aliphatic heterocycles. The molecule has 0 amide bonds. The monoisotopic (exact) mass is 828 g/mol. The number of hydrogen-bond donors (Lipinski definition) is 0. The number of thiophene rings is 1. The molecule has 8 aromatic carbocycles. The summed E-state index contributed by atoms with van der Waals surface area (Å²) in [7, 11) is 0. The second-order valence-electron chi connectivity index (χ2n) is 16.0. The largest absolute Gasteiger partial charge is 0.310 e. The molecule has 2 aromatic heterocycles. The molecule has 0 fully saturated rings. The molecular weight excluding hydrogens is 789 g/mol. The highest BCUT2D eigenvalue weighted by Crippen LogP contribution is 2.58. The van der Waals surface area contributed by atoms with Crippen LogP contribution in [0.1, 0.15) is 18.0 Å². The molecule has 0 saturated carbocycles. The standard InChI is InChI=1S/C58H40N2S2/c1-3-12-39(13-4-1)41-22-26-43(27-23-41)45-30-34-47(35-31-45)59(48-36-32-46(33-37-48)44-28-24-42(25-29-44)40-14-5-2-6-15-40)49-16-11-17-50(38-49)60-55-51-18-7-9-20-53(51)61-57(55)58-56(60)52-19-8-10-21-54(52)62-58/h1-18,20-38,52H,19H2. The minimum absolute atomic E-state index is 0.363. The molecule has 1 atom stereocenters. The fourth-order valence-corrected chi connectivity index (χ4v) is 11.9. The van der Waals surface area contributed by atoms with Gasteiger partial charge in [-0.05, 0) is 104 Å². The van der Waals surface area contributed by atoms with Gasteiger partial charge in [-0.2, -0.15) is 0 Å². The Balaban J connectivity index is 0.955. The van der Waals surface area contributed by atoms with Crippen molar-refractivity contribution < 1.29 is 0 Å². The van der Waals surface area contributed by atoms with Crippen LogP contribution >= 0.6 is 23.1 Å². The van der Waals surface area contributed by atoms with E-state index in [0.717, 1.165) is 23.5 Å². The molecule has 4 heteroatoms. The number of thioether (sulfide) groups is 1. The average molecular weight is 829 g/mol. The average Bonchev–Trinajstić information content (AvgIpc) is 4.01. The van der Waals surface area contributed by atoms with Gasteiger partial charge in [0.1, 0.15) is 0 Å². The van der Waals surface area contributed by atoms with Gasteiger partial charge in [-0.25, -0.2) is 0 Å². The molecular formula is C58H40N2S2. The fourth-order valence-electron chi connectivity index (χ4n) is 9.30.